The molecule has 1 fully saturated rings. The van der Waals surface area contributed by atoms with Gasteiger partial charge in [0.05, 0.1) is 6.61 Å². The predicted octanol–water partition coefficient (Wildman–Crippen LogP) is 2.38. The molecule has 0 radical (unpaired) electrons. The highest BCUT2D eigenvalue weighted by Crippen LogP contribution is 2.52. The van der Waals surface area contributed by atoms with Crippen molar-refractivity contribution < 1.29 is 18.3 Å². The van der Waals surface area contributed by atoms with E-state index in [1.807, 2.05) is 0 Å². The highest BCUT2D eigenvalue weighted by atomic mass is 19.3. The van der Waals surface area contributed by atoms with Gasteiger partial charge in [0, 0.05) is 6.92 Å². The van der Waals surface area contributed by atoms with Crippen molar-refractivity contribution in [2.45, 2.75) is 39.0 Å². The van der Waals surface area contributed by atoms with Gasteiger partial charge in [-0.2, -0.15) is 0 Å². The van der Waals surface area contributed by atoms with E-state index < -0.39 is 17.3 Å². The van der Waals surface area contributed by atoms with Crippen LogP contribution in [0.2, 0.25) is 0 Å². The Morgan fingerprint density at radius 2 is 2.08 bits per heavy atom. The molecule has 2 nitrogen and oxygen atoms in total. The number of carbonyl (C=O) groups excluding carboxylic acids is 1. The van der Waals surface area contributed by atoms with E-state index >= 15 is 0 Å². The van der Waals surface area contributed by atoms with Crippen LogP contribution in [0.3, 0.4) is 0 Å². The lowest BCUT2D eigenvalue weighted by molar-refractivity contribution is -0.197. The van der Waals surface area contributed by atoms with Crippen LogP contribution in [-0.2, 0) is 9.53 Å². The molecule has 0 unspecified atom stereocenters. The Kier molecular flexibility index (Phi) is 2.59. The SMILES string of the molecule is CCOC(=O)C1(C(C)(F)F)CCC1. The minimum absolute atomic E-state index is 0.163. The summed E-state index contributed by atoms with van der Waals surface area (Å²) in [5.41, 5.74) is -1.52. The fraction of sp³-hybridized carbons (Fsp3) is 0.889. The van der Waals surface area contributed by atoms with Crippen LogP contribution in [-0.4, -0.2) is 18.5 Å². The van der Waals surface area contributed by atoms with Crippen LogP contribution in [0.5, 0.6) is 0 Å². The van der Waals surface area contributed by atoms with E-state index in [1.165, 1.54) is 0 Å². The second-order valence-electron chi connectivity index (χ2n) is 3.54. The van der Waals surface area contributed by atoms with Crippen molar-refractivity contribution in [3.63, 3.8) is 0 Å². The Morgan fingerprint density at radius 3 is 2.31 bits per heavy atom. The number of carbonyl (C=O) groups is 1. The van der Waals surface area contributed by atoms with E-state index in [4.69, 9.17) is 0 Å². The average molecular weight is 192 g/mol. The summed E-state index contributed by atoms with van der Waals surface area (Å²) in [4.78, 5) is 11.3. The van der Waals surface area contributed by atoms with Gasteiger partial charge in [0.2, 0.25) is 0 Å². The van der Waals surface area contributed by atoms with Crippen molar-refractivity contribution in [1.82, 2.24) is 0 Å². The van der Waals surface area contributed by atoms with E-state index in [2.05, 4.69) is 4.74 Å². The first-order valence-corrected chi connectivity index (χ1v) is 4.49. The number of hydrogen-bond acceptors (Lipinski definition) is 2. The molecule has 0 aromatic heterocycles. The van der Waals surface area contributed by atoms with Crippen LogP contribution in [0.15, 0.2) is 0 Å². The van der Waals surface area contributed by atoms with E-state index in [0.717, 1.165) is 6.92 Å². The zero-order valence-electron chi connectivity index (χ0n) is 7.90. The molecule has 0 spiro atoms. The molecule has 0 atom stereocenters. The van der Waals surface area contributed by atoms with Gasteiger partial charge >= 0.3 is 5.97 Å². The third-order valence-corrected chi connectivity index (χ3v) is 2.71. The fourth-order valence-corrected chi connectivity index (χ4v) is 1.62. The van der Waals surface area contributed by atoms with Crippen molar-refractivity contribution in [1.29, 1.82) is 0 Å². The lowest BCUT2D eigenvalue weighted by atomic mass is 9.65. The van der Waals surface area contributed by atoms with E-state index in [9.17, 15) is 13.6 Å². The molecule has 0 N–H and O–H groups in total. The smallest absolute Gasteiger partial charge is 0.318 e. The van der Waals surface area contributed by atoms with Crippen molar-refractivity contribution >= 4 is 5.97 Å². The minimum Gasteiger partial charge on any atom is -0.465 e. The summed E-state index contributed by atoms with van der Waals surface area (Å²) in [5.74, 6) is -3.70. The van der Waals surface area contributed by atoms with Crippen molar-refractivity contribution in [3.05, 3.63) is 0 Å². The van der Waals surface area contributed by atoms with Gasteiger partial charge in [-0.05, 0) is 19.8 Å². The highest BCUT2D eigenvalue weighted by Gasteiger charge is 2.60. The molecule has 0 amide bonds. The molecule has 1 rings (SSSR count). The molecule has 0 heterocycles. The maximum atomic E-state index is 13.1. The molecule has 76 valence electrons. The van der Waals surface area contributed by atoms with Gasteiger partial charge in [-0.15, -0.1) is 0 Å². The first-order valence-electron chi connectivity index (χ1n) is 4.49. The van der Waals surface area contributed by atoms with E-state index in [1.54, 1.807) is 6.92 Å². The number of esters is 1. The first-order chi connectivity index (χ1) is 5.94. The Morgan fingerprint density at radius 1 is 1.54 bits per heavy atom. The second kappa shape index (κ2) is 3.24. The van der Waals surface area contributed by atoms with Crippen molar-refractivity contribution in [3.8, 4) is 0 Å². The third kappa shape index (κ3) is 1.54. The zero-order valence-corrected chi connectivity index (χ0v) is 7.90. The number of ether oxygens (including phenoxy) is 1. The van der Waals surface area contributed by atoms with E-state index in [0.29, 0.717) is 6.42 Å². The number of rotatable bonds is 3. The van der Waals surface area contributed by atoms with Crippen molar-refractivity contribution in [2.24, 2.45) is 5.41 Å². The van der Waals surface area contributed by atoms with Gasteiger partial charge in [0.15, 0.2) is 0 Å². The predicted molar refractivity (Wildman–Crippen MR) is 43.5 cm³/mol. The largest absolute Gasteiger partial charge is 0.465 e. The Hall–Kier alpha value is -0.670. The van der Waals surface area contributed by atoms with Gasteiger partial charge < -0.3 is 4.74 Å². The quantitative estimate of drug-likeness (QED) is 0.642. The summed E-state index contributed by atoms with van der Waals surface area (Å²) in [7, 11) is 0. The van der Waals surface area contributed by atoms with Crippen molar-refractivity contribution in [2.75, 3.05) is 6.61 Å². The summed E-state index contributed by atoms with van der Waals surface area (Å²) in [6.07, 6.45) is 1.17. The number of hydrogen-bond donors (Lipinski definition) is 0. The van der Waals surface area contributed by atoms with Crippen LogP contribution >= 0.6 is 0 Å². The topological polar surface area (TPSA) is 26.3 Å². The molecule has 13 heavy (non-hydrogen) atoms. The fourth-order valence-electron chi connectivity index (χ4n) is 1.62. The average Bonchev–Trinajstić information content (AvgIpc) is 1.80. The maximum Gasteiger partial charge on any atom is 0.318 e. The normalized spacial score (nSPS) is 20.6. The Bertz CT molecular complexity index is 204. The van der Waals surface area contributed by atoms with Crippen LogP contribution in [0.25, 0.3) is 0 Å². The van der Waals surface area contributed by atoms with Crippen LogP contribution in [0.4, 0.5) is 8.78 Å². The lowest BCUT2D eigenvalue weighted by Gasteiger charge is -2.43. The summed E-state index contributed by atoms with van der Waals surface area (Å²) in [5, 5.41) is 0. The summed E-state index contributed by atoms with van der Waals surface area (Å²) in [6.45, 7) is 2.58. The van der Waals surface area contributed by atoms with Gasteiger partial charge in [0.1, 0.15) is 5.41 Å². The Labute approximate surface area is 76.3 Å². The van der Waals surface area contributed by atoms with Gasteiger partial charge in [-0.1, -0.05) is 6.42 Å². The molecular formula is C9H14F2O2. The maximum absolute atomic E-state index is 13.1. The first kappa shape index (κ1) is 10.4. The minimum atomic E-state index is -2.96. The molecule has 1 aliphatic rings. The lowest BCUT2D eigenvalue weighted by Crippen LogP contribution is -2.51. The summed E-state index contributed by atoms with van der Waals surface area (Å²) in [6, 6.07) is 0. The zero-order chi connectivity index (χ0) is 10.1. The third-order valence-electron chi connectivity index (χ3n) is 2.71. The molecule has 1 aliphatic carbocycles. The Balaban J connectivity index is 2.76. The van der Waals surface area contributed by atoms with Gasteiger partial charge in [0.25, 0.3) is 5.92 Å². The molecule has 1 saturated carbocycles. The van der Waals surface area contributed by atoms with Gasteiger partial charge in [-0.3, -0.25) is 4.79 Å². The summed E-state index contributed by atoms with van der Waals surface area (Å²) >= 11 is 0. The summed E-state index contributed by atoms with van der Waals surface area (Å²) < 4.78 is 30.8. The molecule has 0 saturated heterocycles. The standard InChI is InChI=1S/C9H14F2O2/c1-3-13-7(12)9(5-4-6-9)8(2,10)11/h3-6H2,1-2H3. The monoisotopic (exact) mass is 192 g/mol. The molecular weight excluding hydrogens is 178 g/mol. The van der Waals surface area contributed by atoms with Gasteiger partial charge in [-0.25, -0.2) is 8.78 Å². The molecule has 0 aromatic carbocycles. The molecule has 0 bridgehead atoms. The van der Waals surface area contributed by atoms with Crippen LogP contribution < -0.4 is 0 Å². The van der Waals surface area contributed by atoms with Crippen LogP contribution in [0.1, 0.15) is 33.1 Å². The number of alkyl halides is 2. The van der Waals surface area contributed by atoms with Crippen LogP contribution in [0, 0.1) is 5.41 Å². The molecule has 0 aliphatic heterocycles. The second-order valence-corrected chi connectivity index (χ2v) is 3.54. The highest BCUT2D eigenvalue weighted by molar-refractivity contribution is 5.79. The molecule has 4 heteroatoms. The van der Waals surface area contributed by atoms with E-state index in [-0.39, 0.29) is 19.4 Å². The number of halogens is 2. The molecule has 0 aromatic rings.